The smallest absolute Gasteiger partial charge is 0.209 e. The summed E-state index contributed by atoms with van der Waals surface area (Å²) in [4.78, 5) is 6.60. The molecule has 2 aromatic carbocycles. The second-order valence-electron chi connectivity index (χ2n) is 5.13. The average molecular weight is 302 g/mol. The van der Waals surface area contributed by atoms with E-state index in [0.717, 1.165) is 22.7 Å². The van der Waals surface area contributed by atoms with Crippen LogP contribution < -0.4 is 5.73 Å². The molecule has 0 aliphatic rings. The number of nitrogen functional groups attached to an aromatic ring is 1. The van der Waals surface area contributed by atoms with Gasteiger partial charge in [-0.05, 0) is 42.9 Å². The molecule has 0 spiro atoms. The summed E-state index contributed by atoms with van der Waals surface area (Å²) < 4.78 is 5.72. The zero-order valence-corrected chi connectivity index (χ0v) is 12.5. The predicted octanol–water partition coefficient (Wildman–Crippen LogP) is 3.70. The minimum atomic E-state index is 0.636. The molecule has 0 saturated carbocycles. The first kappa shape index (κ1) is 13.9. The van der Waals surface area contributed by atoms with Gasteiger partial charge >= 0.3 is 0 Å². The van der Waals surface area contributed by atoms with Gasteiger partial charge in [0.1, 0.15) is 5.52 Å². The summed E-state index contributed by atoms with van der Waals surface area (Å²) in [6.45, 7) is 1.44. The molecule has 0 unspecified atom stereocenters. The van der Waals surface area contributed by atoms with Crippen LogP contribution in [-0.4, -0.2) is 16.9 Å². The molecule has 1 aromatic heterocycles. The molecule has 2 N–H and O–H groups in total. The van der Waals surface area contributed by atoms with Gasteiger partial charge in [-0.3, -0.25) is 4.90 Å². The summed E-state index contributed by atoms with van der Waals surface area (Å²) in [7, 11) is 2.03. The van der Waals surface area contributed by atoms with Crippen LogP contribution in [0.3, 0.4) is 0 Å². The minimum absolute atomic E-state index is 0.636. The van der Waals surface area contributed by atoms with Crippen LogP contribution in [0.4, 0.5) is 5.69 Å². The molecule has 108 valence electrons. The second kappa shape index (κ2) is 5.76. The van der Waals surface area contributed by atoms with Gasteiger partial charge in [0.05, 0.1) is 6.54 Å². The van der Waals surface area contributed by atoms with E-state index in [9.17, 15) is 0 Å². The summed E-state index contributed by atoms with van der Waals surface area (Å²) >= 11 is 5.89. The van der Waals surface area contributed by atoms with Crippen LogP contribution in [-0.2, 0) is 13.1 Å². The van der Waals surface area contributed by atoms with Gasteiger partial charge < -0.3 is 10.2 Å². The number of nitrogens with two attached hydrogens (primary N) is 1. The fourth-order valence-electron chi connectivity index (χ4n) is 2.25. The molecule has 0 bridgehead atoms. The van der Waals surface area contributed by atoms with Crippen molar-refractivity contribution in [1.29, 1.82) is 0 Å². The topological polar surface area (TPSA) is 55.3 Å². The molecule has 0 amide bonds. The largest absolute Gasteiger partial charge is 0.439 e. The third-order valence-corrected chi connectivity index (χ3v) is 3.48. The summed E-state index contributed by atoms with van der Waals surface area (Å²) in [6, 6.07) is 13.3. The number of aromatic nitrogens is 1. The molecule has 3 aromatic rings. The molecule has 1 heterocycles. The van der Waals surface area contributed by atoms with E-state index in [-0.39, 0.29) is 0 Å². The van der Waals surface area contributed by atoms with Gasteiger partial charge in [-0.2, -0.15) is 0 Å². The summed E-state index contributed by atoms with van der Waals surface area (Å²) in [6.07, 6.45) is 0. The first-order valence-corrected chi connectivity index (χ1v) is 7.06. The SMILES string of the molecule is CN(Cc1ccc(Cl)cc1)Cc1nc2cc(N)ccc2o1. The maximum atomic E-state index is 5.89. The van der Waals surface area contributed by atoms with Crippen LogP contribution in [0.5, 0.6) is 0 Å². The first-order chi connectivity index (χ1) is 10.1. The van der Waals surface area contributed by atoms with Gasteiger partial charge in [-0.15, -0.1) is 0 Å². The molecule has 0 fully saturated rings. The molecule has 0 aliphatic heterocycles. The zero-order valence-electron chi connectivity index (χ0n) is 11.7. The molecule has 21 heavy (non-hydrogen) atoms. The number of benzene rings is 2. The molecule has 5 heteroatoms. The van der Waals surface area contributed by atoms with E-state index in [4.69, 9.17) is 21.8 Å². The van der Waals surface area contributed by atoms with E-state index in [1.54, 1.807) is 0 Å². The van der Waals surface area contributed by atoms with Crippen molar-refractivity contribution in [3.8, 4) is 0 Å². The van der Waals surface area contributed by atoms with Crippen LogP contribution in [0.2, 0.25) is 5.02 Å². The van der Waals surface area contributed by atoms with Crippen molar-refractivity contribution in [2.45, 2.75) is 13.1 Å². The Morgan fingerprint density at radius 3 is 2.67 bits per heavy atom. The molecule has 0 radical (unpaired) electrons. The molecular formula is C16H16ClN3O. The van der Waals surface area contributed by atoms with Crippen molar-refractivity contribution >= 4 is 28.4 Å². The van der Waals surface area contributed by atoms with Gasteiger partial charge in [-0.1, -0.05) is 23.7 Å². The quantitative estimate of drug-likeness (QED) is 0.747. The van der Waals surface area contributed by atoms with E-state index in [0.29, 0.717) is 18.1 Å². The number of hydrogen-bond donors (Lipinski definition) is 1. The van der Waals surface area contributed by atoms with Gasteiger partial charge in [-0.25, -0.2) is 4.98 Å². The lowest BCUT2D eigenvalue weighted by Crippen LogP contribution is -2.17. The highest BCUT2D eigenvalue weighted by Gasteiger charge is 2.09. The van der Waals surface area contributed by atoms with Crippen LogP contribution in [0.15, 0.2) is 46.9 Å². The van der Waals surface area contributed by atoms with E-state index < -0.39 is 0 Å². The van der Waals surface area contributed by atoms with Crippen molar-refractivity contribution < 1.29 is 4.42 Å². The molecular weight excluding hydrogens is 286 g/mol. The molecule has 0 aliphatic carbocycles. The lowest BCUT2D eigenvalue weighted by molar-refractivity contribution is 0.285. The van der Waals surface area contributed by atoms with Crippen molar-refractivity contribution in [3.63, 3.8) is 0 Å². The lowest BCUT2D eigenvalue weighted by atomic mass is 10.2. The van der Waals surface area contributed by atoms with E-state index >= 15 is 0 Å². The predicted molar refractivity (Wildman–Crippen MR) is 85.0 cm³/mol. The number of fused-ring (bicyclic) bond motifs is 1. The maximum Gasteiger partial charge on any atom is 0.209 e. The summed E-state index contributed by atoms with van der Waals surface area (Å²) in [5.41, 5.74) is 9.19. The number of hydrogen-bond acceptors (Lipinski definition) is 4. The van der Waals surface area contributed by atoms with Gasteiger partial charge in [0.25, 0.3) is 0 Å². The normalized spacial score (nSPS) is 11.4. The molecule has 4 nitrogen and oxygen atoms in total. The van der Waals surface area contributed by atoms with Crippen molar-refractivity contribution in [2.75, 3.05) is 12.8 Å². The van der Waals surface area contributed by atoms with E-state index in [2.05, 4.69) is 9.88 Å². The molecule has 3 rings (SSSR count). The summed E-state index contributed by atoms with van der Waals surface area (Å²) in [5, 5.41) is 0.748. The Morgan fingerprint density at radius 2 is 1.90 bits per heavy atom. The highest BCUT2D eigenvalue weighted by molar-refractivity contribution is 6.30. The highest BCUT2D eigenvalue weighted by Crippen LogP contribution is 2.19. The van der Waals surface area contributed by atoms with Gasteiger partial charge in [0.15, 0.2) is 5.58 Å². The zero-order chi connectivity index (χ0) is 14.8. The van der Waals surface area contributed by atoms with Crippen LogP contribution in [0, 0.1) is 0 Å². The third-order valence-electron chi connectivity index (χ3n) is 3.23. The average Bonchev–Trinajstić information content (AvgIpc) is 2.82. The second-order valence-corrected chi connectivity index (χ2v) is 5.57. The fourth-order valence-corrected chi connectivity index (χ4v) is 2.37. The number of anilines is 1. The standard InChI is InChI=1S/C16H16ClN3O/c1-20(9-11-2-4-12(17)5-3-11)10-16-19-14-8-13(18)6-7-15(14)21-16/h2-8H,9-10,18H2,1H3. The number of oxazole rings is 1. The Morgan fingerprint density at radius 1 is 1.14 bits per heavy atom. The fraction of sp³-hybridized carbons (Fsp3) is 0.188. The molecule has 0 atom stereocenters. The van der Waals surface area contributed by atoms with Gasteiger partial charge in [0.2, 0.25) is 5.89 Å². The Bertz CT molecular complexity index is 752. The number of nitrogens with zero attached hydrogens (tertiary/aromatic N) is 2. The van der Waals surface area contributed by atoms with Crippen LogP contribution >= 0.6 is 11.6 Å². The Labute approximate surface area is 128 Å². The van der Waals surface area contributed by atoms with Crippen molar-refractivity contribution in [3.05, 3.63) is 58.9 Å². The first-order valence-electron chi connectivity index (χ1n) is 6.68. The number of halogens is 1. The van der Waals surface area contributed by atoms with Gasteiger partial charge in [0, 0.05) is 17.3 Å². The monoisotopic (exact) mass is 301 g/mol. The third kappa shape index (κ3) is 3.35. The lowest BCUT2D eigenvalue weighted by Gasteiger charge is -2.14. The van der Waals surface area contributed by atoms with E-state index in [1.165, 1.54) is 5.56 Å². The highest BCUT2D eigenvalue weighted by atomic mass is 35.5. The Hall–Kier alpha value is -2.04. The van der Waals surface area contributed by atoms with Crippen LogP contribution in [0.1, 0.15) is 11.5 Å². The minimum Gasteiger partial charge on any atom is -0.439 e. The van der Waals surface area contributed by atoms with Crippen molar-refractivity contribution in [1.82, 2.24) is 9.88 Å². The Balaban J connectivity index is 1.70. The summed E-state index contributed by atoms with van der Waals surface area (Å²) in [5.74, 6) is 0.687. The maximum absolute atomic E-state index is 5.89. The number of rotatable bonds is 4. The Kier molecular flexibility index (Phi) is 3.82. The molecule has 0 saturated heterocycles. The van der Waals surface area contributed by atoms with Crippen molar-refractivity contribution in [2.24, 2.45) is 0 Å². The van der Waals surface area contributed by atoms with Crippen LogP contribution in [0.25, 0.3) is 11.1 Å². The van der Waals surface area contributed by atoms with E-state index in [1.807, 2.05) is 49.5 Å².